The molecule has 0 saturated heterocycles. The molecule has 0 bridgehead atoms. The van der Waals surface area contributed by atoms with E-state index in [0.29, 0.717) is 28.3 Å². The average molecular weight is 483 g/mol. The molecular weight excluding hydrogens is 467 g/mol. The number of nitrogens with zero attached hydrogens (tertiary/aromatic N) is 2. The summed E-state index contributed by atoms with van der Waals surface area (Å²) in [5.74, 6) is -0.0272. The topological polar surface area (TPSA) is 81.6 Å². The Labute approximate surface area is 196 Å². The number of hydrogen-bond acceptors (Lipinski definition) is 6. The van der Waals surface area contributed by atoms with E-state index < -0.39 is 24.1 Å². The summed E-state index contributed by atoms with van der Waals surface area (Å²) in [5.41, 5.74) is 2.07. The van der Waals surface area contributed by atoms with Gasteiger partial charge in [0.05, 0.1) is 12.3 Å². The molecule has 8 nitrogen and oxygen atoms in total. The van der Waals surface area contributed by atoms with E-state index in [-0.39, 0.29) is 30.5 Å². The first-order valence-corrected chi connectivity index (χ1v) is 10.6. The zero-order valence-electron chi connectivity index (χ0n) is 17.8. The number of carbonyl (C=O) groups is 1. The number of urea groups is 1. The molecule has 0 aliphatic carbocycles. The highest BCUT2D eigenvalue weighted by atomic mass is 19.3. The third-order valence-corrected chi connectivity index (χ3v) is 5.72. The Morgan fingerprint density at radius 2 is 1.77 bits per heavy atom. The molecule has 3 heterocycles. The molecule has 3 aliphatic rings. The number of halogens is 3. The number of rotatable bonds is 3. The van der Waals surface area contributed by atoms with E-state index >= 15 is 0 Å². The van der Waals surface area contributed by atoms with Crippen LogP contribution in [0.5, 0.6) is 23.0 Å². The predicted molar refractivity (Wildman–Crippen MR) is 117 cm³/mol. The first-order chi connectivity index (χ1) is 16.8. The zero-order chi connectivity index (χ0) is 24.2. The van der Waals surface area contributed by atoms with Crippen molar-refractivity contribution in [3.63, 3.8) is 0 Å². The van der Waals surface area contributed by atoms with Gasteiger partial charge in [-0.3, -0.25) is 0 Å². The molecule has 1 N–H and O–H groups in total. The largest absolute Gasteiger partial charge is 0.586 e. The predicted octanol–water partition coefficient (Wildman–Crippen LogP) is 4.91. The summed E-state index contributed by atoms with van der Waals surface area (Å²) in [6.45, 7) is 0.232. The molecule has 0 spiro atoms. The minimum Gasteiger partial charge on any atom is -0.454 e. The zero-order valence-corrected chi connectivity index (χ0v) is 17.8. The minimum absolute atomic E-state index is 0.106. The SMILES string of the molecule is O=C(Nc1ccc2c(c1)OC(F)(F)O2)N1CC(c2cccc(F)c2)C(c2ccc3c(c2)OCO3)=N1. The molecule has 3 aliphatic heterocycles. The van der Waals surface area contributed by atoms with Crippen LogP contribution in [-0.4, -0.2) is 36.4 Å². The lowest BCUT2D eigenvalue weighted by atomic mass is 9.90. The van der Waals surface area contributed by atoms with Gasteiger partial charge in [-0.1, -0.05) is 12.1 Å². The smallest absolute Gasteiger partial charge is 0.454 e. The maximum absolute atomic E-state index is 14.0. The lowest BCUT2D eigenvalue weighted by molar-refractivity contribution is -0.286. The maximum atomic E-state index is 14.0. The molecule has 6 rings (SSSR count). The number of fused-ring (bicyclic) bond motifs is 2. The fourth-order valence-corrected chi connectivity index (χ4v) is 4.14. The van der Waals surface area contributed by atoms with Crippen LogP contribution in [-0.2, 0) is 0 Å². The standard InChI is InChI=1S/C24H16F3N3O5/c25-15-3-1-2-13(8-15)17-11-30(29-22(17)14-4-6-18-20(9-14)33-12-32-18)23(31)28-16-5-7-19-21(10-16)35-24(26,27)34-19/h1-10,17H,11-12H2,(H,28,31). The van der Waals surface area contributed by atoms with Crippen LogP contribution in [0, 0.1) is 5.82 Å². The number of anilines is 1. The number of ether oxygens (including phenoxy) is 4. The number of benzene rings is 3. The van der Waals surface area contributed by atoms with Gasteiger partial charge >= 0.3 is 12.3 Å². The molecule has 0 radical (unpaired) electrons. The van der Waals surface area contributed by atoms with Gasteiger partial charge in [-0.15, -0.1) is 8.78 Å². The van der Waals surface area contributed by atoms with Crippen LogP contribution in [0.25, 0.3) is 0 Å². The van der Waals surface area contributed by atoms with Gasteiger partial charge in [0.1, 0.15) is 5.82 Å². The Morgan fingerprint density at radius 1 is 0.971 bits per heavy atom. The Balaban J connectivity index is 1.29. The minimum atomic E-state index is -3.76. The van der Waals surface area contributed by atoms with Crippen LogP contribution < -0.4 is 24.3 Å². The first-order valence-electron chi connectivity index (χ1n) is 10.6. The quantitative estimate of drug-likeness (QED) is 0.573. The van der Waals surface area contributed by atoms with Crippen LogP contribution in [0.15, 0.2) is 65.8 Å². The lowest BCUT2D eigenvalue weighted by Crippen LogP contribution is -2.30. The summed E-state index contributed by atoms with van der Waals surface area (Å²) < 4.78 is 60.2. The highest BCUT2D eigenvalue weighted by Crippen LogP contribution is 2.42. The van der Waals surface area contributed by atoms with Crippen molar-refractivity contribution in [1.29, 1.82) is 0 Å². The Bertz CT molecular complexity index is 1380. The third kappa shape index (κ3) is 3.94. The first kappa shape index (κ1) is 21.1. The summed E-state index contributed by atoms with van der Waals surface area (Å²) in [7, 11) is 0. The summed E-state index contributed by atoms with van der Waals surface area (Å²) in [6, 6.07) is 14.7. The van der Waals surface area contributed by atoms with Gasteiger partial charge in [0.15, 0.2) is 23.0 Å². The van der Waals surface area contributed by atoms with E-state index in [2.05, 4.69) is 19.9 Å². The van der Waals surface area contributed by atoms with Gasteiger partial charge in [-0.05, 0) is 48.0 Å². The molecule has 1 atom stereocenters. The second-order valence-corrected chi connectivity index (χ2v) is 8.00. The molecule has 0 fully saturated rings. The number of nitrogens with one attached hydrogen (secondary N) is 1. The molecule has 0 saturated carbocycles. The fourth-order valence-electron chi connectivity index (χ4n) is 4.14. The van der Waals surface area contributed by atoms with Crippen molar-refractivity contribution in [2.75, 3.05) is 18.7 Å². The van der Waals surface area contributed by atoms with Crippen LogP contribution in [0.2, 0.25) is 0 Å². The van der Waals surface area contributed by atoms with Crippen molar-refractivity contribution in [2.24, 2.45) is 5.10 Å². The summed E-state index contributed by atoms with van der Waals surface area (Å²) in [6.07, 6.45) is -3.76. The summed E-state index contributed by atoms with van der Waals surface area (Å²) in [4.78, 5) is 13.0. The van der Waals surface area contributed by atoms with Gasteiger partial charge in [0.25, 0.3) is 0 Å². The van der Waals surface area contributed by atoms with Crippen molar-refractivity contribution in [1.82, 2.24) is 5.01 Å². The second kappa shape index (κ2) is 7.83. The Morgan fingerprint density at radius 3 is 2.63 bits per heavy atom. The molecule has 1 unspecified atom stereocenters. The van der Waals surface area contributed by atoms with Crippen molar-refractivity contribution in [3.05, 3.63) is 77.6 Å². The van der Waals surface area contributed by atoms with E-state index in [9.17, 15) is 18.0 Å². The van der Waals surface area contributed by atoms with Crippen molar-refractivity contribution < 1.29 is 36.9 Å². The number of carbonyl (C=O) groups excluding carboxylic acids is 1. The third-order valence-electron chi connectivity index (χ3n) is 5.72. The Hall–Kier alpha value is -4.41. The number of hydrogen-bond donors (Lipinski definition) is 1. The summed E-state index contributed by atoms with van der Waals surface area (Å²) in [5, 5.41) is 8.33. The number of alkyl halides is 2. The van der Waals surface area contributed by atoms with Crippen LogP contribution in [0.4, 0.5) is 23.7 Å². The molecule has 35 heavy (non-hydrogen) atoms. The number of amides is 2. The van der Waals surface area contributed by atoms with Gasteiger partial charge in [-0.2, -0.15) is 5.10 Å². The molecule has 2 amide bonds. The van der Waals surface area contributed by atoms with Gasteiger partial charge in [0.2, 0.25) is 6.79 Å². The molecule has 3 aromatic carbocycles. The van der Waals surface area contributed by atoms with Gasteiger partial charge in [0, 0.05) is 23.2 Å². The second-order valence-electron chi connectivity index (χ2n) is 8.00. The molecule has 178 valence electrons. The lowest BCUT2D eigenvalue weighted by Gasteiger charge is -2.16. The van der Waals surface area contributed by atoms with Crippen LogP contribution in [0.1, 0.15) is 17.0 Å². The van der Waals surface area contributed by atoms with E-state index in [1.54, 1.807) is 30.3 Å². The van der Waals surface area contributed by atoms with Gasteiger partial charge < -0.3 is 24.3 Å². The van der Waals surface area contributed by atoms with Crippen molar-refractivity contribution in [2.45, 2.75) is 12.2 Å². The molecular formula is C24H16F3N3O5. The van der Waals surface area contributed by atoms with Crippen LogP contribution >= 0.6 is 0 Å². The van der Waals surface area contributed by atoms with Gasteiger partial charge in [-0.25, -0.2) is 14.2 Å². The highest BCUT2D eigenvalue weighted by Gasteiger charge is 2.43. The van der Waals surface area contributed by atoms with Crippen molar-refractivity contribution in [3.8, 4) is 23.0 Å². The van der Waals surface area contributed by atoms with E-state index in [1.807, 2.05) is 0 Å². The van der Waals surface area contributed by atoms with E-state index in [0.717, 1.165) is 0 Å². The van der Waals surface area contributed by atoms with E-state index in [4.69, 9.17) is 9.47 Å². The number of hydrazone groups is 1. The highest BCUT2D eigenvalue weighted by molar-refractivity contribution is 6.08. The normalized spacial score (nSPS) is 19.0. The van der Waals surface area contributed by atoms with E-state index in [1.165, 1.54) is 35.3 Å². The Kier molecular flexibility index (Phi) is 4.73. The maximum Gasteiger partial charge on any atom is 0.586 e. The fraction of sp³-hybridized carbons (Fsp3) is 0.167. The molecule has 3 aromatic rings. The summed E-state index contributed by atoms with van der Waals surface area (Å²) >= 11 is 0. The van der Waals surface area contributed by atoms with Crippen molar-refractivity contribution >= 4 is 17.4 Å². The monoisotopic (exact) mass is 483 g/mol. The average Bonchev–Trinajstić information content (AvgIpc) is 3.53. The molecule has 0 aromatic heterocycles. The molecule has 11 heteroatoms. The van der Waals surface area contributed by atoms with Crippen LogP contribution in [0.3, 0.4) is 0 Å².